The Bertz CT molecular complexity index is 762. The molecule has 0 unspecified atom stereocenters. The van der Waals surface area contributed by atoms with E-state index in [0.717, 1.165) is 10.5 Å². The number of fused-ring (bicyclic) bond motifs is 1. The largest absolute Gasteiger partial charge is 0.496 e. The van der Waals surface area contributed by atoms with Crippen molar-refractivity contribution in [3.8, 4) is 5.75 Å². The third kappa shape index (κ3) is 2.26. The number of likely N-dealkylation sites (tertiary alicyclic amines) is 1. The average Bonchev–Trinajstić information content (AvgIpc) is 3.12. The molecule has 1 aromatic rings. The van der Waals surface area contributed by atoms with Gasteiger partial charge in [-0.2, -0.15) is 0 Å². The van der Waals surface area contributed by atoms with Gasteiger partial charge in [0, 0.05) is 18.7 Å². The maximum absolute atomic E-state index is 12.9. The molecule has 7 heteroatoms. The molecule has 2 aliphatic heterocycles. The van der Waals surface area contributed by atoms with Gasteiger partial charge in [0.05, 0.1) is 26.1 Å². The van der Waals surface area contributed by atoms with Gasteiger partial charge in [-0.15, -0.1) is 0 Å². The number of benzene rings is 1. The molecular formula is C19H24N2O5. The highest BCUT2D eigenvalue weighted by molar-refractivity contribution is 6.09. The fraction of sp³-hybridized carbons (Fsp3) is 0.526. The van der Waals surface area contributed by atoms with Crippen molar-refractivity contribution in [1.82, 2.24) is 10.2 Å². The number of imide groups is 1. The molecule has 1 aromatic carbocycles. The van der Waals surface area contributed by atoms with E-state index in [9.17, 15) is 14.4 Å². The second kappa shape index (κ2) is 6.39. The van der Waals surface area contributed by atoms with Crippen LogP contribution in [-0.2, 0) is 19.1 Å². The van der Waals surface area contributed by atoms with Crippen molar-refractivity contribution in [3.05, 3.63) is 29.8 Å². The molecule has 0 aromatic heterocycles. The predicted molar refractivity (Wildman–Crippen MR) is 93.2 cm³/mol. The van der Waals surface area contributed by atoms with Crippen LogP contribution in [0.2, 0.25) is 0 Å². The zero-order chi connectivity index (χ0) is 19.2. The molecule has 2 heterocycles. The quantitative estimate of drug-likeness (QED) is 0.640. The Labute approximate surface area is 152 Å². The van der Waals surface area contributed by atoms with Crippen LogP contribution >= 0.6 is 0 Å². The first-order valence-corrected chi connectivity index (χ1v) is 8.61. The van der Waals surface area contributed by atoms with Crippen molar-refractivity contribution in [2.75, 3.05) is 21.3 Å². The van der Waals surface area contributed by atoms with Gasteiger partial charge < -0.3 is 9.47 Å². The minimum Gasteiger partial charge on any atom is -0.496 e. The molecule has 0 saturated carbocycles. The average molecular weight is 360 g/mol. The monoisotopic (exact) mass is 360 g/mol. The number of hydrogen-bond donors (Lipinski definition) is 1. The van der Waals surface area contributed by atoms with Crippen LogP contribution in [-0.4, -0.2) is 49.5 Å². The van der Waals surface area contributed by atoms with Gasteiger partial charge in [-0.05, 0) is 12.0 Å². The Balaban J connectivity index is 2.21. The van der Waals surface area contributed by atoms with E-state index in [1.54, 1.807) is 13.2 Å². The highest BCUT2D eigenvalue weighted by atomic mass is 16.5. The Kier molecular flexibility index (Phi) is 4.52. The number of hydrogen-bond acceptors (Lipinski definition) is 6. The Morgan fingerprint density at radius 3 is 2.42 bits per heavy atom. The van der Waals surface area contributed by atoms with Gasteiger partial charge >= 0.3 is 5.97 Å². The summed E-state index contributed by atoms with van der Waals surface area (Å²) < 4.78 is 10.5. The highest BCUT2D eigenvalue weighted by Crippen LogP contribution is 2.52. The zero-order valence-electron chi connectivity index (χ0n) is 15.6. The van der Waals surface area contributed by atoms with E-state index in [0.29, 0.717) is 5.75 Å². The van der Waals surface area contributed by atoms with Crippen LogP contribution < -0.4 is 10.1 Å². The van der Waals surface area contributed by atoms with Gasteiger partial charge in [0.2, 0.25) is 11.8 Å². The minimum absolute atomic E-state index is 0.259. The van der Waals surface area contributed by atoms with Crippen molar-refractivity contribution in [2.24, 2.45) is 17.8 Å². The maximum Gasteiger partial charge on any atom is 0.327 e. The fourth-order valence-corrected chi connectivity index (χ4v) is 4.40. The van der Waals surface area contributed by atoms with Crippen LogP contribution in [0.15, 0.2) is 24.3 Å². The summed E-state index contributed by atoms with van der Waals surface area (Å²) in [6, 6.07) is 6.78. The van der Waals surface area contributed by atoms with Crippen molar-refractivity contribution < 1.29 is 23.9 Å². The molecule has 26 heavy (non-hydrogen) atoms. The number of carbonyl (C=O) groups excluding carboxylic acids is 3. The van der Waals surface area contributed by atoms with E-state index in [4.69, 9.17) is 9.47 Å². The molecule has 2 aliphatic rings. The lowest BCUT2D eigenvalue weighted by Crippen LogP contribution is -2.59. The van der Waals surface area contributed by atoms with E-state index in [2.05, 4.69) is 5.32 Å². The van der Waals surface area contributed by atoms with E-state index >= 15 is 0 Å². The molecule has 2 fully saturated rings. The van der Waals surface area contributed by atoms with Crippen LogP contribution in [0.4, 0.5) is 0 Å². The molecule has 0 spiro atoms. The smallest absolute Gasteiger partial charge is 0.327 e. The zero-order valence-corrected chi connectivity index (χ0v) is 15.6. The number of esters is 1. The number of carbonyl (C=O) groups is 3. The fourth-order valence-electron chi connectivity index (χ4n) is 4.40. The van der Waals surface area contributed by atoms with Gasteiger partial charge in [0.15, 0.2) is 0 Å². The lowest BCUT2D eigenvalue weighted by Gasteiger charge is -2.35. The Morgan fingerprint density at radius 1 is 1.19 bits per heavy atom. The topological polar surface area (TPSA) is 84.9 Å². The Hall–Kier alpha value is -2.41. The first-order valence-electron chi connectivity index (χ1n) is 8.61. The molecule has 4 atom stereocenters. The number of nitrogens with one attached hydrogen (secondary N) is 1. The number of ether oxygens (including phenoxy) is 2. The van der Waals surface area contributed by atoms with E-state index in [1.165, 1.54) is 14.2 Å². The molecule has 2 saturated heterocycles. The van der Waals surface area contributed by atoms with Gasteiger partial charge in [0.1, 0.15) is 11.3 Å². The number of para-hydroxylation sites is 1. The second-order valence-electron chi connectivity index (χ2n) is 7.12. The number of nitrogens with zero attached hydrogens (tertiary/aromatic N) is 1. The first-order chi connectivity index (χ1) is 12.3. The highest BCUT2D eigenvalue weighted by Gasteiger charge is 2.69. The van der Waals surface area contributed by atoms with Crippen LogP contribution in [0.1, 0.15) is 25.5 Å². The normalized spacial score (nSPS) is 30.7. The van der Waals surface area contributed by atoms with E-state index < -0.39 is 29.4 Å². The van der Waals surface area contributed by atoms with E-state index in [1.807, 2.05) is 32.0 Å². The molecular weight excluding hydrogens is 336 g/mol. The molecule has 0 aliphatic carbocycles. The van der Waals surface area contributed by atoms with Crippen molar-refractivity contribution in [2.45, 2.75) is 25.4 Å². The van der Waals surface area contributed by atoms with Gasteiger partial charge in [-0.3, -0.25) is 24.6 Å². The van der Waals surface area contributed by atoms with Gasteiger partial charge in [-0.1, -0.05) is 32.0 Å². The molecule has 7 nitrogen and oxygen atoms in total. The van der Waals surface area contributed by atoms with Gasteiger partial charge in [0.25, 0.3) is 0 Å². The number of methoxy groups -OCH3 is 2. The molecule has 3 rings (SSSR count). The summed E-state index contributed by atoms with van der Waals surface area (Å²) in [5, 5.41) is 3.31. The Morgan fingerprint density at radius 2 is 1.85 bits per heavy atom. The van der Waals surface area contributed by atoms with Crippen LogP contribution in [0.5, 0.6) is 5.75 Å². The SMILES string of the molecule is COC(=O)[C@]1(C(C)C)N[C@H](c2ccccc2OC)[C@@H]2C(=O)N(C)C(=O)[C@H]21. The summed E-state index contributed by atoms with van der Waals surface area (Å²) in [5.41, 5.74) is -0.532. The van der Waals surface area contributed by atoms with Crippen LogP contribution in [0.25, 0.3) is 0 Å². The van der Waals surface area contributed by atoms with E-state index in [-0.39, 0.29) is 17.7 Å². The first kappa shape index (κ1) is 18.4. The van der Waals surface area contributed by atoms with Gasteiger partial charge in [-0.25, -0.2) is 0 Å². The number of amides is 2. The van der Waals surface area contributed by atoms with Crippen molar-refractivity contribution >= 4 is 17.8 Å². The summed E-state index contributed by atoms with van der Waals surface area (Å²) in [6.07, 6.45) is 0. The maximum atomic E-state index is 12.9. The summed E-state index contributed by atoms with van der Waals surface area (Å²) >= 11 is 0. The number of rotatable bonds is 4. The molecule has 1 N–H and O–H groups in total. The van der Waals surface area contributed by atoms with Crippen LogP contribution in [0, 0.1) is 17.8 Å². The third-order valence-electron chi connectivity index (χ3n) is 5.72. The predicted octanol–water partition coefficient (Wildman–Crippen LogP) is 1.14. The minimum atomic E-state index is -1.28. The summed E-state index contributed by atoms with van der Waals surface area (Å²) in [4.78, 5) is 39.7. The molecule has 2 amide bonds. The molecule has 140 valence electrons. The van der Waals surface area contributed by atoms with Crippen molar-refractivity contribution in [1.29, 1.82) is 0 Å². The summed E-state index contributed by atoms with van der Waals surface area (Å²) in [7, 11) is 4.31. The van der Waals surface area contributed by atoms with Crippen molar-refractivity contribution in [3.63, 3.8) is 0 Å². The van der Waals surface area contributed by atoms with Crippen LogP contribution in [0.3, 0.4) is 0 Å². The third-order valence-corrected chi connectivity index (χ3v) is 5.72. The lowest BCUT2D eigenvalue weighted by molar-refractivity contribution is -0.156. The standard InChI is InChI=1S/C19H24N2O5/c1-10(2)19(18(24)26-5)14-13(16(22)21(3)17(14)23)15(20-19)11-8-6-7-9-12(11)25-4/h6-10,13-15,20H,1-5H3/t13-,14+,15-,19-/m1/s1. The lowest BCUT2D eigenvalue weighted by atomic mass is 9.73. The molecule has 0 radical (unpaired) electrons. The summed E-state index contributed by atoms with van der Waals surface area (Å²) in [6.45, 7) is 3.70. The molecule has 0 bridgehead atoms. The summed E-state index contributed by atoms with van der Waals surface area (Å²) in [5.74, 6) is -2.35. The second-order valence-corrected chi connectivity index (χ2v) is 7.12.